The molecule has 1 aliphatic carbocycles. The quantitative estimate of drug-likeness (QED) is 0.626. The molecule has 22 heavy (non-hydrogen) atoms. The number of methoxy groups -OCH3 is 1. The van der Waals surface area contributed by atoms with Crippen molar-refractivity contribution >= 4 is 5.96 Å². The number of benzene rings is 1. The zero-order valence-corrected chi connectivity index (χ0v) is 13.8. The van der Waals surface area contributed by atoms with E-state index >= 15 is 0 Å². The topological polar surface area (TPSA) is 45.7 Å². The van der Waals surface area contributed by atoms with Crippen molar-refractivity contribution in [2.24, 2.45) is 4.99 Å². The molecule has 0 aromatic heterocycles. The summed E-state index contributed by atoms with van der Waals surface area (Å²) in [5.41, 5.74) is 1.17. The summed E-state index contributed by atoms with van der Waals surface area (Å²) in [4.78, 5) is 4.72. The van der Waals surface area contributed by atoms with Gasteiger partial charge in [0.2, 0.25) is 0 Å². The molecule has 0 bridgehead atoms. The first-order valence-corrected chi connectivity index (χ1v) is 8.46. The lowest BCUT2D eigenvalue weighted by Gasteiger charge is -2.25. The second-order valence-electron chi connectivity index (χ2n) is 5.83. The van der Waals surface area contributed by atoms with Crippen LogP contribution in [0.25, 0.3) is 0 Å². The van der Waals surface area contributed by atoms with Gasteiger partial charge in [-0.15, -0.1) is 0 Å². The van der Waals surface area contributed by atoms with Gasteiger partial charge in [-0.2, -0.15) is 0 Å². The fourth-order valence-electron chi connectivity index (χ4n) is 2.92. The number of nitrogens with one attached hydrogen (secondary N) is 2. The van der Waals surface area contributed by atoms with Crippen molar-refractivity contribution in [3.05, 3.63) is 35.9 Å². The first kappa shape index (κ1) is 16.8. The molecule has 2 N–H and O–H groups in total. The molecule has 1 fully saturated rings. The lowest BCUT2D eigenvalue weighted by atomic mass is 9.96. The van der Waals surface area contributed by atoms with Crippen molar-refractivity contribution in [2.45, 2.75) is 51.2 Å². The van der Waals surface area contributed by atoms with Crippen LogP contribution < -0.4 is 10.6 Å². The van der Waals surface area contributed by atoms with Gasteiger partial charge in [0.05, 0.1) is 6.54 Å². The summed E-state index contributed by atoms with van der Waals surface area (Å²) < 4.78 is 5.59. The number of rotatable bonds is 6. The standard InChI is InChI=1S/C18H29N3O/c1-3-19-18(21-16-12-8-5-9-13-16)20-14-17(22-2)15-10-6-4-7-11-15/h4,6-7,10-11,16-17H,3,5,8-9,12-14H2,1-2H3,(H2,19,20,21). The minimum atomic E-state index is 0.00279. The zero-order valence-electron chi connectivity index (χ0n) is 13.8. The fraction of sp³-hybridized carbons (Fsp3) is 0.611. The molecule has 122 valence electrons. The molecule has 0 saturated heterocycles. The van der Waals surface area contributed by atoms with E-state index in [1.807, 2.05) is 18.2 Å². The van der Waals surface area contributed by atoms with E-state index in [0.717, 1.165) is 12.5 Å². The van der Waals surface area contributed by atoms with Crippen LogP contribution in [0.15, 0.2) is 35.3 Å². The van der Waals surface area contributed by atoms with Gasteiger partial charge >= 0.3 is 0 Å². The molecule has 4 nitrogen and oxygen atoms in total. The van der Waals surface area contributed by atoms with Crippen molar-refractivity contribution < 1.29 is 4.74 Å². The number of nitrogens with zero attached hydrogens (tertiary/aromatic N) is 1. The van der Waals surface area contributed by atoms with Gasteiger partial charge in [-0.05, 0) is 25.3 Å². The van der Waals surface area contributed by atoms with Gasteiger partial charge in [0, 0.05) is 19.7 Å². The average molecular weight is 303 g/mol. The van der Waals surface area contributed by atoms with E-state index in [9.17, 15) is 0 Å². The lowest BCUT2D eigenvalue weighted by Crippen LogP contribution is -2.44. The van der Waals surface area contributed by atoms with Crippen LogP contribution in [0.5, 0.6) is 0 Å². The summed E-state index contributed by atoms with van der Waals surface area (Å²) >= 11 is 0. The second-order valence-corrected chi connectivity index (χ2v) is 5.83. The molecule has 0 aliphatic heterocycles. The van der Waals surface area contributed by atoms with Gasteiger partial charge in [-0.3, -0.25) is 4.99 Å². The van der Waals surface area contributed by atoms with Gasteiger partial charge in [0.1, 0.15) is 6.10 Å². The molecule has 0 heterocycles. The van der Waals surface area contributed by atoms with E-state index < -0.39 is 0 Å². The Morgan fingerprint density at radius 2 is 1.95 bits per heavy atom. The van der Waals surface area contributed by atoms with Crippen molar-refractivity contribution in [3.8, 4) is 0 Å². The summed E-state index contributed by atoms with van der Waals surface area (Å²) in [6, 6.07) is 10.8. The van der Waals surface area contributed by atoms with Crippen molar-refractivity contribution in [1.82, 2.24) is 10.6 Å². The second kappa shape index (κ2) is 9.46. The molecular formula is C18H29N3O. The molecule has 0 amide bonds. The van der Waals surface area contributed by atoms with Crippen LogP contribution in [0, 0.1) is 0 Å². The van der Waals surface area contributed by atoms with Crippen molar-refractivity contribution in [3.63, 3.8) is 0 Å². The highest BCUT2D eigenvalue weighted by Crippen LogP contribution is 2.18. The third kappa shape index (κ3) is 5.34. The Kier molecular flexibility index (Phi) is 7.23. The van der Waals surface area contributed by atoms with Gasteiger partial charge in [0.25, 0.3) is 0 Å². The predicted molar refractivity (Wildman–Crippen MR) is 92.2 cm³/mol. The Morgan fingerprint density at radius 3 is 2.59 bits per heavy atom. The maximum Gasteiger partial charge on any atom is 0.191 e. The van der Waals surface area contributed by atoms with Gasteiger partial charge in [-0.25, -0.2) is 0 Å². The Hall–Kier alpha value is -1.55. The lowest BCUT2D eigenvalue weighted by molar-refractivity contribution is 0.111. The Labute approximate surface area is 134 Å². The molecule has 1 saturated carbocycles. The van der Waals surface area contributed by atoms with Crippen LogP contribution in [0.3, 0.4) is 0 Å². The maximum atomic E-state index is 5.59. The van der Waals surface area contributed by atoms with E-state index in [4.69, 9.17) is 9.73 Å². The molecule has 1 aromatic rings. The smallest absolute Gasteiger partial charge is 0.191 e. The number of guanidine groups is 1. The molecule has 1 unspecified atom stereocenters. The Bertz CT molecular complexity index is 441. The van der Waals surface area contributed by atoms with Crippen LogP contribution in [-0.2, 0) is 4.74 Å². The van der Waals surface area contributed by atoms with Crippen LogP contribution >= 0.6 is 0 Å². The number of ether oxygens (including phenoxy) is 1. The highest BCUT2D eigenvalue weighted by Gasteiger charge is 2.15. The number of hydrogen-bond acceptors (Lipinski definition) is 2. The number of hydrogen-bond donors (Lipinski definition) is 2. The molecule has 2 rings (SSSR count). The fourth-order valence-corrected chi connectivity index (χ4v) is 2.92. The maximum absolute atomic E-state index is 5.59. The molecule has 1 aromatic carbocycles. The summed E-state index contributed by atoms with van der Waals surface area (Å²) in [5.74, 6) is 0.910. The van der Waals surface area contributed by atoms with E-state index in [1.165, 1.54) is 37.7 Å². The van der Waals surface area contributed by atoms with Gasteiger partial charge in [0.15, 0.2) is 5.96 Å². The van der Waals surface area contributed by atoms with E-state index in [0.29, 0.717) is 12.6 Å². The first-order valence-electron chi connectivity index (χ1n) is 8.46. The summed E-state index contributed by atoms with van der Waals surface area (Å²) in [7, 11) is 1.74. The molecule has 0 spiro atoms. The monoisotopic (exact) mass is 303 g/mol. The van der Waals surface area contributed by atoms with Crippen LogP contribution in [-0.4, -0.2) is 32.2 Å². The summed E-state index contributed by atoms with van der Waals surface area (Å²) in [6.45, 7) is 3.60. The third-order valence-electron chi connectivity index (χ3n) is 4.16. The predicted octanol–water partition coefficient (Wildman–Crippen LogP) is 3.26. The molecule has 1 aliphatic rings. The normalized spacial score (nSPS) is 18.0. The minimum absolute atomic E-state index is 0.00279. The Morgan fingerprint density at radius 1 is 1.23 bits per heavy atom. The molecule has 4 heteroatoms. The first-order chi connectivity index (χ1) is 10.8. The average Bonchev–Trinajstić information content (AvgIpc) is 2.57. The molecule has 1 atom stereocenters. The SMILES string of the molecule is CCNC(=NCC(OC)c1ccccc1)NC1CCCCC1. The van der Waals surface area contributed by atoms with Crippen molar-refractivity contribution in [2.75, 3.05) is 20.2 Å². The molecular weight excluding hydrogens is 274 g/mol. The number of aliphatic imine (C=N–C) groups is 1. The highest BCUT2D eigenvalue weighted by molar-refractivity contribution is 5.80. The molecule has 0 radical (unpaired) electrons. The van der Waals surface area contributed by atoms with Gasteiger partial charge < -0.3 is 15.4 Å². The summed E-state index contributed by atoms with van der Waals surface area (Å²) in [6.07, 6.45) is 6.51. The minimum Gasteiger partial charge on any atom is -0.375 e. The van der Waals surface area contributed by atoms with E-state index in [1.54, 1.807) is 7.11 Å². The highest BCUT2D eigenvalue weighted by atomic mass is 16.5. The summed E-state index contributed by atoms with van der Waals surface area (Å²) in [5, 5.41) is 6.92. The third-order valence-corrected chi connectivity index (χ3v) is 4.16. The van der Waals surface area contributed by atoms with Crippen LogP contribution in [0.4, 0.5) is 0 Å². The van der Waals surface area contributed by atoms with E-state index in [-0.39, 0.29) is 6.10 Å². The van der Waals surface area contributed by atoms with Crippen LogP contribution in [0.1, 0.15) is 50.7 Å². The van der Waals surface area contributed by atoms with Gasteiger partial charge in [-0.1, -0.05) is 49.6 Å². The van der Waals surface area contributed by atoms with Crippen LogP contribution in [0.2, 0.25) is 0 Å². The Balaban J connectivity index is 1.95. The van der Waals surface area contributed by atoms with E-state index in [2.05, 4.69) is 29.7 Å². The van der Waals surface area contributed by atoms with Crippen molar-refractivity contribution in [1.29, 1.82) is 0 Å². The largest absolute Gasteiger partial charge is 0.375 e. The zero-order chi connectivity index (χ0) is 15.6.